The number of esters is 1. The zero-order chi connectivity index (χ0) is 19.5. The molecule has 0 N–H and O–H groups in total. The van der Waals surface area contributed by atoms with E-state index in [9.17, 15) is 4.79 Å². The number of benzene rings is 1. The second-order valence-corrected chi connectivity index (χ2v) is 6.27. The lowest BCUT2D eigenvalue weighted by Gasteiger charge is -2.09. The number of ether oxygens (including phenoxy) is 1. The van der Waals surface area contributed by atoms with Crippen LogP contribution in [0.4, 0.5) is 0 Å². The zero-order valence-corrected chi connectivity index (χ0v) is 15.5. The monoisotopic (exact) mass is 378 g/mol. The van der Waals surface area contributed by atoms with Gasteiger partial charge in [0.15, 0.2) is 6.61 Å². The van der Waals surface area contributed by atoms with Crippen molar-refractivity contribution in [3.63, 3.8) is 0 Å². The highest BCUT2D eigenvalue weighted by molar-refractivity contribution is 5.69. The summed E-state index contributed by atoms with van der Waals surface area (Å²) in [6.45, 7) is 3.77. The maximum atomic E-state index is 12.1. The van der Waals surface area contributed by atoms with Crippen LogP contribution in [0.2, 0.25) is 0 Å². The Morgan fingerprint density at radius 1 is 1.18 bits per heavy atom. The third-order valence-corrected chi connectivity index (χ3v) is 4.42. The summed E-state index contributed by atoms with van der Waals surface area (Å²) < 4.78 is 12.1. The van der Waals surface area contributed by atoms with Gasteiger partial charge in [-0.25, -0.2) is 9.50 Å². The number of hydrogen-bond acceptors (Lipinski definition) is 8. The molecule has 4 aromatic rings. The van der Waals surface area contributed by atoms with Gasteiger partial charge in [-0.3, -0.25) is 4.79 Å². The molecule has 1 aromatic carbocycles. The van der Waals surface area contributed by atoms with Crippen molar-refractivity contribution in [1.82, 2.24) is 29.7 Å². The molecule has 3 aromatic heterocycles. The molecule has 0 aliphatic rings. The minimum Gasteiger partial charge on any atom is -0.456 e. The summed E-state index contributed by atoms with van der Waals surface area (Å²) in [5, 5.41) is 8.05. The number of aromatic nitrogens is 6. The van der Waals surface area contributed by atoms with Crippen molar-refractivity contribution >= 4 is 11.7 Å². The first-order valence-electron chi connectivity index (χ1n) is 8.81. The predicted molar refractivity (Wildman–Crippen MR) is 98.1 cm³/mol. The van der Waals surface area contributed by atoms with Crippen molar-refractivity contribution in [3.8, 4) is 11.4 Å². The standard InChI is InChI=1S/C19H18N6O3/c1-12-15(13(2)25-19(22-12)20-11-21-25)8-9-17(26)27-10-16-23-18(24-28-16)14-6-4-3-5-7-14/h3-7,11H,8-10H2,1-2H3. The molecule has 0 amide bonds. The summed E-state index contributed by atoms with van der Waals surface area (Å²) in [7, 11) is 0. The number of carbonyl (C=O) groups excluding carboxylic acids is 1. The Bertz CT molecular complexity index is 1120. The van der Waals surface area contributed by atoms with E-state index in [2.05, 4.69) is 25.2 Å². The highest BCUT2D eigenvalue weighted by Gasteiger charge is 2.14. The molecule has 0 saturated heterocycles. The van der Waals surface area contributed by atoms with Gasteiger partial charge < -0.3 is 9.26 Å². The Balaban J connectivity index is 1.35. The molecule has 0 aliphatic carbocycles. The molecule has 0 bridgehead atoms. The van der Waals surface area contributed by atoms with Crippen molar-refractivity contribution in [2.75, 3.05) is 0 Å². The second-order valence-electron chi connectivity index (χ2n) is 6.27. The number of fused-ring (bicyclic) bond motifs is 1. The van der Waals surface area contributed by atoms with Gasteiger partial charge in [0.05, 0.1) is 0 Å². The summed E-state index contributed by atoms with van der Waals surface area (Å²) in [4.78, 5) is 24.9. The van der Waals surface area contributed by atoms with Crippen LogP contribution >= 0.6 is 0 Å². The lowest BCUT2D eigenvalue weighted by Crippen LogP contribution is -2.10. The lowest BCUT2D eigenvalue weighted by molar-refractivity contribution is -0.145. The van der Waals surface area contributed by atoms with Gasteiger partial charge in [-0.05, 0) is 25.8 Å². The van der Waals surface area contributed by atoms with E-state index < -0.39 is 0 Å². The van der Waals surface area contributed by atoms with E-state index in [0.717, 1.165) is 22.5 Å². The topological polar surface area (TPSA) is 108 Å². The quantitative estimate of drug-likeness (QED) is 0.471. The molecule has 0 radical (unpaired) electrons. The van der Waals surface area contributed by atoms with Crippen molar-refractivity contribution in [1.29, 1.82) is 0 Å². The molecule has 0 unspecified atom stereocenters. The van der Waals surface area contributed by atoms with Gasteiger partial charge in [-0.1, -0.05) is 35.5 Å². The summed E-state index contributed by atoms with van der Waals surface area (Å²) in [5.41, 5.74) is 3.54. The molecule has 0 saturated carbocycles. The van der Waals surface area contributed by atoms with Crippen LogP contribution in [0.1, 0.15) is 29.3 Å². The Labute approximate surface area is 160 Å². The fourth-order valence-electron chi connectivity index (χ4n) is 2.98. The molecule has 142 valence electrons. The van der Waals surface area contributed by atoms with Gasteiger partial charge in [0.1, 0.15) is 6.33 Å². The van der Waals surface area contributed by atoms with Gasteiger partial charge in [0.2, 0.25) is 5.82 Å². The third-order valence-electron chi connectivity index (χ3n) is 4.42. The van der Waals surface area contributed by atoms with Crippen LogP contribution in [-0.2, 0) is 22.6 Å². The molecule has 9 heteroatoms. The molecular formula is C19H18N6O3. The minimum atomic E-state index is -0.350. The van der Waals surface area contributed by atoms with E-state index in [1.165, 1.54) is 6.33 Å². The summed E-state index contributed by atoms with van der Waals surface area (Å²) in [5.74, 6) is 0.916. The smallest absolute Gasteiger partial charge is 0.306 e. The minimum absolute atomic E-state index is 0.0585. The Morgan fingerprint density at radius 3 is 2.82 bits per heavy atom. The van der Waals surface area contributed by atoms with E-state index in [0.29, 0.717) is 18.0 Å². The van der Waals surface area contributed by atoms with Crippen LogP contribution in [0, 0.1) is 13.8 Å². The summed E-state index contributed by atoms with van der Waals surface area (Å²) in [6.07, 6.45) is 2.17. The van der Waals surface area contributed by atoms with E-state index in [4.69, 9.17) is 9.26 Å². The Hall–Kier alpha value is -3.62. The number of aryl methyl sites for hydroxylation is 2. The van der Waals surface area contributed by atoms with Crippen molar-refractivity contribution in [2.45, 2.75) is 33.3 Å². The molecule has 0 fully saturated rings. The fraction of sp³-hybridized carbons (Fsp3) is 0.263. The van der Waals surface area contributed by atoms with Crippen molar-refractivity contribution in [2.24, 2.45) is 0 Å². The maximum Gasteiger partial charge on any atom is 0.306 e. The normalized spacial score (nSPS) is 11.1. The summed E-state index contributed by atoms with van der Waals surface area (Å²) in [6, 6.07) is 9.45. The maximum absolute atomic E-state index is 12.1. The second kappa shape index (κ2) is 7.55. The average Bonchev–Trinajstić information content (AvgIpc) is 3.36. The van der Waals surface area contributed by atoms with Crippen LogP contribution in [-0.4, -0.2) is 35.7 Å². The molecule has 0 spiro atoms. The van der Waals surface area contributed by atoms with Crippen LogP contribution in [0.5, 0.6) is 0 Å². The summed E-state index contributed by atoms with van der Waals surface area (Å²) >= 11 is 0. The SMILES string of the molecule is Cc1nc2ncnn2c(C)c1CCC(=O)OCc1nc(-c2ccccc2)no1. The van der Waals surface area contributed by atoms with Crippen molar-refractivity contribution in [3.05, 3.63) is 59.5 Å². The molecule has 0 aliphatic heterocycles. The largest absolute Gasteiger partial charge is 0.456 e. The highest BCUT2D eigenvalue weighted by atomic mass is 16.6. The predicted octanol–water partition coefficient (Wildman–Crippen LogP) is 2.47. The first-order chi connectivity index (χ1) is 13.6. The van der Waals surface area contributed by atoms with Gasteiger partial charge in [0.25, 0.3) is 11.7 Å². The third kappa shape index (κ3) is 3.59. The van der Waals surface area contributed by atoms with Gasteiger partial charge in [-0.15, -0.1) is 0 Å². The number of nitrogens with zero attached hydrogens (tertiary/aromatic N) is 6. The lowest BCUT2D eigenvalue weighted by atomic mass is 10.1. The molecular weight excluding hydrogens is 360 g/mol. The van der Waals surface area contributed by atoms with Gasteiger partial charge >= 0.3 is 5.97 Å². The fourth-order valence-corrected chi connectivity index (χ4v) is 2.98. The van der Waals surface area contributed by atoms with Crippen LogP contribution < -0.4 is 0 Å². The molecule has 28 heavy (non-hydrogen) atoms. The van der Waals surface area contributed by atoms with Crippen LogP contribution in [0.3, 0.4) is 0 Å². The number of carbonyl (C=O) groups is 1. The molecule has 3 heterocycles. The van der Waals surface area contributed by atoms with Crippen LogP contribution in [0.25, 0.3) is 17.2 Å². The van der Waals surface area contributed by atoms with Gasteiger partial charge in [-0.2, -0.15) is 15.1 Å². The average molecular weight is 378 g/mol. The first-order valence-corrected chi connectivity index (χ1v) is 8.81. The van der Waals surface area contributed by atoms with E-state index in [-0.39, 0.29) is 24.9 Å². The first kappa shape index (κ1) is 17.8. The van der Waals surface area contributed by atoms with E-state index in [1.807, 2.05) is 44.2 Å². The molecule has 4 rings (SSSR count). The van der Waals surface area contributed by atoms with Crippen molar-refractivity contribution < 1.29 is 14.1 Å². The Kier molecular flexibility index (Phi) is 4.79. The highest BCUT2D eigenvalue weighted by Crippen LogP contribution is 2.17. The zero-order valence-electron chi connectivity index (χ0n) is 15.5. The number of rotatable bonds is 6. The molecule has 0 atom stereocenters. The Morgan fingerprint density at radius 2 is 2.00 bits per heavy atom. The van der Waals surface area contributed by atoms with E-state index >= 15 is 0 Å². The molecule has 9 nitrogen and oxygen atoms in total. The number of hydrogen-bond donors (Lipinski definition) is 0. The van der Waals surface area contributed by atoms with Gasteiger partial charge in [0, 0.05) is 23.4 Å². The van der Waals surface area contributed by atoms with Crippen LogP contribution in [0.15, 0.2) is 41.2 Å². The van der Waals surface area contributed by atoms with E-state index in [1.54, 1.807) is 4.52 Å².